The van der Waals surface area contributed by atoms with E-state index in [2.05, 4.69) is 41.3 Å². The molecule has 152 valence electrons. The van der Waals surface area contributed by atoms with E-state index in [-0.39, 0.29) is 11.9 Å². The van der Waals surface area contributed by atoms with Gasteiger partial charge in [-0.1, -0.05) is 30.3 Å². The maximum absolute atomic E-state index is 12.2. The molecule has 1 saturated carbocycles. The third kappa shape index (κ3) is 4.31. The third-order valence-electron chi connectivity index (χ3n) is 6.00. The molecule has 29 heavy (non-hydrogen) atoms. The van der Waals surface area contributed by atoms with Crippen LogP contribution in [0.1, 0.15) is 51.0 Å². The van der Waals surface area contributed by atoms with Crippen molar-refractivity contribution >= 4 is 11.5 Å². The quantitative estimate of drug-likeness (QED) is 0.610. The molecule has 0 atom stereocenters. The molecular weight excluding hydrogens is 362 g/mol. The first-order valence-corrected chi connectivity index (χ1v) is 10.5. The monoisotopic (exact) mass is 391 g/mol. The molecule has 0 N–H and O–H groups in total. The number of carbonyl (C=O) groups is 1. The summed E-state index contributed by atoms with van der Waals surface area (Å²) in [6, 6.07) is 16.5. The Morgan fingerprint density at radius 3 is 2.41 bits per heavy atom. The van der Waals surface area contributed by atoms with Crippen molar-refractivity contribution in [3.8, 4) is 11.5 Å². The number of rotatable bonds is 7. The fourth-order valence-electron chi connectivity index (χ4n) is 4.32. The lowest BCUT2D eigenvalue weighted by Gasteiger charge is -2.28. The van der Waals surface area contributed by atoms with Crippen molar-refractivity contribution in [3.05, 3.63) is 65.4 Å². The molecule has 0 amide bonds. The van der Waals surface area contributed by atoms with Gasteiger partial charge in [-0.25, -0.2) is 0 Å². The molecule has 2 aliphatic rings. The fraction of sp³-hybridized carbons (Fsp3) is 0.400. The highest BCUT2D eigenvalue weighted by molar-refractivity contribution is 5.99. The van der Waals surface area contributed by atoms with Crippen LogP contribution in [0.4, 0.5) is 5.69 Å². The SMILES string of the molecule is COc1ccc(N(Cc2ccccc2)C2=C(C)C(=O)CC2)cc1OC1CCCC1. The van der Waals surface area contributed by atoms with Crippen LogP contribution in [0.5, 0.6) is 11.5 Å². The number of allylic oxidation sites excluding steroid dienone is 2. The normalized spacial score (nSPS) is 17.1. The molecule has 0 aromatic heterocycles. The molecule has 0 saturated heterocycles. The van der Waals surface area contributed by atoms with Gasteiger partial charge in [-0.3, -0.25) is 4.79 Å². The Hall–Kier alpha value is -2.75. The summed E-state index contributed by atoms with van der Waals surface area (Å²) >= 11 is 0. The third-order valence-corrected chi connectivity index (χ3v) is 6.00. The number of hydrogen-bond acceptors (Lipinski definition) is 4. The molecule has 1 fully saturated rings. The first-order valence-electron chi connectivity index (χ1n) is 10.5. The summed E-state index contributed by atoms with van der Waals surface area (Å²) in [6.45, 7) is 2.66. The number of Topliss-reactive ketones (excluding diaryl/α,β-unsaturated/α-hetero) is 1. The van der Waals surface area contributed by atoms with Gasteiger partial charge in [0.2, 0.25) is 0 Å². The number of hydrogen-bond donors (Lipinski definition) is 0. The Kier molecular flexibility index (Phi) is 5.89. The van der Waals surface area contributed by atoms with E-state index in [1.807, 2.05) is 19.1 Å². The number of methoxy groups -OCH3 is 1. The van der Waals surface area contributed by atoms with Crippen molar-refractivity contribution in [1.82, 2.24) is 0 Å². The molecular formula is C25H29NO3. The highest BCUT2D eigenvalue weighted by Crippen LogP contribution is 2.38. The first kappa shape index (κ1) is 19.6. The summed E-state index contributed by atoms with van der Waals surface area (Å²) in [6.07, 6.45) is 6.27. The first-order chi connectivity index (χ1) is 14.2. The Balaban J connectivity index is 1.70. The van der Waals surface area contributed by atoms with Gasteiger partial charge in [0.15, 0.2) is 17.3 Å². The summed E-state index contributed by atoms with van der Waals surface area (Å²) in [7, 11) is 1.68. The summed E-state index contributed by atoms with van der Waals surface area (Å²) < 4.78 is 11.9. The minimum absolute atomic E-state index is 0.244. The minimum atomic E-state index is 0.244. The van der Waals surface area contributed by atoms with Crippen molar-refractivity contribution in [1.29, 1.82) is 0 Å². The molecule has 2 aliphatic carbocycles. The number of anilines is 1. The molecule has 4 heteroatoms. The summed E-state index contributed by atoms with van der Waals surface area (Å²) in [5.41, 5.74) is 4.22. The number of carbonyl (C=O) groups excluding carboxylic acids is 1. The largest absolute Gasteiger partial charge is 0.493 e. The lowest BCUT2D eigenvalue weighted by Crippen LogP contribution is -2.22. The van der Waals surface area contributed by atoms with Crippen LogP contribution < -0.4 is 14.4 Å². The van der Waals surface area contributed by atoms with Gasteiger partial charge in [0.1, 0.15) is 0 Å². The highest BCUT2D eigenvalue weighted by Gasteiger charge is 2.26. The predicted molar refractivity (Wildman–Crippen MR) is 115 cm³/mol. The van der Waals surface area contributed by atoms with E-state index in [4.69, 9.17) is 9.47 Å². The van der Waals surface area contributed by atoms with E-state index >= 15 is 0 Å². The van der Waals surface area contributed by atoms with E-state index in [0.29, 0.717) is 6.42 Å². The number of benzene rings is 2. The average molecular weight is 392 g/mol. The molecule has 0 spiro atoms. The molecule has 0 heterocycles. The van der Waals surface area contributed by atoms with Crippen molar-refractivity contribution < 1.29 is 14.3 Å². The van der Waals surface area contributed by atoms with E-state index < -0.39 is 0 Å². The van der Waals surface area contributed by atoms with Crippen LogP contribution in [-0.4, -0.2) is 19.0 Å². The van der Waals surface area contributed by atoms with Crippen molar-refractivity contribution in [2.24, 2.45) is 0 Å². The molecule has 0 unspecified atom stereocenters. The lowest BCUT2D eigenvalue weighted by molar-refractivity contribution is -0.114. The Labute approximate surface area is 173 Å². The topological polar surface area (TPSA) is 38.8 Å². The Morgan fingerprint density at radius 1 is 1.00 bits per heavy atom. The predicted octanol–water partition coefficient (Wildman–Crippen LogP) is 5.66. The Bertz CT molecular complexity index is 898. The second kappa shape index (κ2) is 8.73. The van der Waals surface area contributed by atoms with E-state index in [1.165, 1.54) is 18.4 Å². The smallest absolute Gasteiger partial charge is 0.163 e. The average Bonchev–Trinajstić information content (AvgIpc) is 3.37. The van der Waals surface area contributed by atoms with Gasteiger partial charge >= 0.3 is 0 Å². The van der Waals surface area contributed by atoms with Gasteiger partial charge in [-0.05, 0) is 56.7 Å². The zero-order valence-electron chi connectivity index (χ0n) is 17.3. The zero-order chi connectivity index (χ0) is 20.2. The minimum Gasteiger partial charge on any atom is -0.493 e. The van der Waals surface area contributed by atoms with Gasteiger partial charge in [-0.15, -0.1) is 0 Å². The number of ketones is 1. The maximum Gasteiger partial charge on any atom is 0.163 e. The van der Waals surface area contributed by atoms with Crippen molar-refractivity contribution in [2.75, 3.05) is 12.0 Å². The van der Waals surface area contributed by atoms with Crippen LogP contribution in [0.15, 0.2) is 59.8 Å². The Morgan fingerprint density at radius 2 is 1.76 bits per heavy atom. The van der Waals surface area contributed by atoms with Crippen molar-refractivity contribution in [2.45, 2.75) is 58.1 Å². The van der Waals surface area contributed by atoms with Crippen LogP contribution in [0.3, 0.4) is 0 Å². The van der Waals surface area contributed by atoms with E-state index in [0.717, 1.165) is 54.3 Å². The van der Waals surface area contributed by atoms with Gasteiger partial charge in [0.05, 0.1) is 13.2 Å². The van der Waals surface area contributed by atoms with Crippen LogP contribution in [0.2, 0.25) is 0 Å². The number of ether oxygens (including phenoxy) is 2. The highest BCUT2D eigenvalue weighted by atomic mass is 16.5. The molecule has 0 aliphatic heterocycles. The van der Waals surface area contributed by atoms with Gasteiger partial charge in [-0.2, -0.15) is 0 Å². The van der Waals surface area contributed by atoms with Crippen LogP contribution in [0.25, 0.3) is 0 Å². The van der Waals surface area contributed by atoms with Crippen LogP contribution in [0, 0.1) is 0 Å². The summed E-state index contributed by atoms with van der Waals surface area (Å²) in [5, 5.41) is 0. The molecule has 0 radical (unpaired) electrons. The van der Waals surface area contributed by atoms with Gasteiger partial charge in [0, 0.05) is 36.0 Å². The summed E-state index contributed by atoms with van der Waals surface area (Å²) in [4.78, 5) is 14.5. The van der Waals surface area contributed by atoms with E-state index in [1.54, 1.807) is 7.11 Å². The molecule has 2 aromatic rings. The molecule has 0 bridgehead atoms. The van der Waals surface area contributed by atoms with Crippen LogP contribution in [-0.2, 0) is 11.3 Å². The molecule has 4 rings (SSSR count). The maximum atomic E-state index is 12.2. The second-order valence-electron chi connectivity index (χ2n) is 7.93. The van der Waals surface area contributed by atoms with Crippen molar-refractivity contribution in [3.63, 3.8) is 0 Å². The molecule has 4 nitrogen and oxygen atoms in total. The van der Waals surface area contributed by atoms with Gasteiger partial charge < -0.3 is 14.4 Å². The van der Waals surface area contributed by atoms with E-state index in [9.17, 15) is 4.79 Å². The standard InChI is InChI=1S/C25H29NO3/c1-18-22(13-14-23(18)27)26(17-19-8-4-3-5-9-19)20-12-15-24(28-2)25(16-20)29-21-10-6-7-11-21/h3-5,8-9,12,15-16,21H,6-7,10-11,13-14,17H2,1-2H3. The molecule has 2 aromatic carbocycles. The number of nitrogens with zero attached hydrogens (tertiary/aromatic N) is 1. The fourth-order valence-corrected chi connectivity index (χ4v) is 4.32. The lowest BCUT2D eigenvalue weighted by atomic mass is 10.1. The second-order valence-corrected chi connectivity index (χ2v) is 7.93. The summed E-state index contributed by atoms with van der Waals surface area (Å²) in [5.74, 6) is 1.79. The van der Waals surface area contributed by atoms with Crippen LogP contribution >= 0.6 is 0 Å². The van der Waals surface area contributed by atoms with Gasteiger partial charge in [0.25, 0.3) is 0 Å². The zero-order valence-corrected chi connectivity index (χ0v) is 17.3.